The molecule has 0 atom stereocenters. The maximum atomic E-state index is 11.7. The minimum absolute atomic E-state index is 0.00417. The SMILES string of the molecule is Cc1ccc(C(C)(C)C2=NCCN2)cc1.Cc1ccc(C(C)(C)C2=NCCN2C)cc1.Cc1ccc(C(C)(C)C2=NCCO2)cc1.Cc1ccc(C(C)(C)C2=NCCS2)cc1.Cc1ccc(C(C)(C)Cn2ccccc2=O)cc1.Cc1ccc(C2(c3ncc[nH]3)CC2)cc1. The van der Waals surface area contributed by atoms with Crippen LogP contribution in [0.1, 0.15) is 155 Å². The van der Waals surface area contributed by atoms with Gasteiger partial charge in [-0.3, -0.25) is 24.8 Å². The fourth-order valence-corrected chi connectivity index (χ4v) is 13.2. The van der Waals surface area contributed by atoms with Crippen molar-refractivity contribution in [1.82, 2.24) is 24.8 Å². The van der Waals surface area contributed by atoms with Crippen LogP contribution in [-0.4, -0.2) is 101 Å². The third-order valence-corrected chi connectivity index (χ3v) is 20.1. The Balaban J connectivity index is 0.000000145. The van der Waals surface area contributed by atoms with Gasteiger partial charge < -0.3 is 24.5 Å². The van der Waals surface area contributed by atoms with Gasteiger partial charge in [-0.1, -0.05) is 199 Å². The predicted octanol–water partition coefficient (Wildman–Crippen LogP) is 16.9. The number of nitrogens with one attached hydrogen (secondary N) is 2. The van der Waals surface area contributed by atoms with Gasteiger partial charge in [-0.05, 0) is 149 Å². The maximum Gasteiger partial charge on any atom is 0.250 e. The van der Waals surface area contributed by atoms with Gasteiger partial charge in [0.25, 0.3) is 5.56 Å². The highest BCUT2D eigenvalue weighted by Crippen LogP contribution is 2.52. The minimum Gasteiger partial charge on any atom is -0.478 e. The van der Waals surface area contributed by atoms with E-state index < -0.39 is 0 Å². The van der Waals surface area contributed by atoms with E-state index in [2.05, 4.69) is 304 Å². The van der Waals surface area contributed by atoms with E-state index in [4.69, 9.17) is 4.74 Å². The lowest BCUT2D eigenvalue weighted by Crippen LogP contribution is -2.38. The number of hydrogen-bond acceptors (Lipinski definition) is 10. The summed E-state index contributed by atoms with van der Waals surface area (Å²) in [6.45, 7) is 41.8. The molecule has 6 heterocycles. The summed E-state index contributed by atoms with van der Waals surface area (Å²) in [4.78, 5) is 39.8. The van der Waals surface area contributed by atoms with Crippen molar-refractivity contribution in [2.24, 2.45) is 20.0 Å². The maximum absolute atomic E-state index is 11.7. The number of hydrogen-bond donors (Lipinski definition) is 2. The normalized spacial score (nSPS) is 15.6. The Kier molecular flexibility index (Phi) is 24.0. The Morgan fingerprint density at radius 3 is 1.43 bits per heavy atom. The van der Waals surface area contributed by atoms with Crippen molar-refractivity contribution in [3.05, 3.63) is 265 Å². The van der Waals surface area contributed by atoms with Gasteiger partial charge in [0.15, 0.2) is 5.90 Å². The highest BCUT2D eigenvalue weighted by atomic mass is 32.2. The lowest BCUT2D eigenvalue weighted by Gasteiger charge is -2.30. The Morgan fingerprint density at radius 2 is 1.01 bits per heavy atom. The van der Waals surface area contributed by atoms with Crippen LogP contribution in [0.5, 0.6) is 0 Å². The summed E-state index contributed by atoms with van der Waals surface area (Å²) < 4.78 is 7.32. The average molecular weight is 1280 g/mol. The molecule has 2 N–H and O–H groups in total. The number of nitrogens with zero attached hydrogens (tertiary/aromatic N) is 7. The second kappa shape index (κ2) is 31.4. The van der Waals surface area contributed by atoms with Gasteiger partial charge in [0.1, 0.15) is 24.1 Å². The van der Waals surface area contributed by atoms with Crippen LogP contribution in [0.25, 0.3) is 0 Å². The second-order valence-electron chi connectivity index (χ2n) is 28.6. The minimum atomic E-state index is -0.107. The van der Waals surface area contributed by atoms with Crippen molar-refractivity contribution < 1.29 is 4.74 Å². The summed E-state index contributed by atoms with van der Waals surface area (Å²) >= 11 is 1.90. The zero-order valence-corrected chi connectivity index (χ0v) is 60.3. The summed E-state index contributed by atoms with van der Waals surface area (Å²) in [7, 11) is 2.13. The van der Waals surface area contributed by atoms with E-state index in [-0.39, 0.29) is 38.0 Å². The number of rotatable bonds is 13. The Bertz CT molecular complexity index is 3700. The van der Waals surface area contributed by atoms with E-state index >= 15 is 0 Å². The van der Waals surface area contributed by atoms with E-state index in [1.165, 1.54) is 90.5 Å². The number of likely N-dealkylation sites (N-methyl/N-ethyl adjacent to an activating group) is 1. The second-order valence-corrected chi connectivity index (χ2v) is 29.7. The highest BCUT2D eigenvalue weighted by Gasteiger charge is 2.48. The smallest absolute Gasteiger partial charge is 0.250 e. The molecule has 12 heteroatoms. The number of aromatic amines is 1. The van der Waals surface area contributed by atoms with Crippen LogP contribution in [0.3, 0.4) is 0 Å². The highest BCUT2D eigenvalue weighted by molar-refractivity contribution is 8.14. The lowest BCUT2D eigenvalue weighted by molar-refractivity contribution is 0.318. The fourth-order valence-electron chi connectivity index (χ4n) is 12.1. The molecule has 8 aromatic rings. The first-order valence-electron chi connectivity index (χ1n) is 33.6. The molecule has 1 aliphatic carbocycles. The zero-order valence-electron chi connectivity index (χ0n) is 59.5. The molecular formula is C82H105N9O2S. The van der Waals surface area contributed by atoms with Gasteiger partial charge in [0, 0.05) is 85.3 Å². The fraction of sp³-hybridized carbons (Fsp3) is 0.415. The number of aliphatic imine (C=N–C) groups is 4. The first-order chi connectivity index (χ1) is 44.6. The standard InChI is InChI=1S/C16H19NO.C14H20N2.C13H14N2.C13H18N2.C13H17NO.C13H17NS/c1-13-7-9-14(10-8-13)16(2,3)12-17-11-5-4-6-15(17)18;1-11-5-7-12(8-6-11)14(2,3)13-15-9-10-16(13)4;1-10-2-4-11(5-3-10)13(6-7-13)12-14-8-9-15-12;3*1-10-4-6-11(7-5-10)13(2,3)12-14-8-9-15-12/h4-11H,12H2,1-3H3;5-8H,9-10H2,1-4H3;2-5,8-9H,6-7H2,1H3,(H,14,15);4-7H,8-9H2,1-3H3,(H,14,15);2*4-7H,8-9H2,1-3H3. The monoisotopic (exact) mass is 1280 g/mol. The summed E-state index contributed by atoms with van der Waals surface area (Å²) in [6, 6.07) is 57.4. The molecule has 0 saturated heterocycles. The van der Waals surface area contributed by atoms with Crippen molar-refractivity contribution >= 4 is 34.4 Å². The zero-order chi connectivity index (χ0) is 67.9. The van der Waals surface area contributed by atoms with Gasteiger partial charge in [-0.25, -0.2) is 4.98 Å². The van der Waals surface area contributed by atoms with Crippen molar-refractivity contribution in [2.45, 2.75) is 163 Å². The molecule has 0 amide bonds. The molecule has 1 saturated carbocycles. The van der Waals surface area contributed by atoms with Crippen LogP contribution >= 0.6 is 11.8 Å². The quantitative estimate of drug-likeness (QED) is 0.118. The van der Waals surface area contributed by atoms with Crippen molar-refractivity contribution in [3.63, 3.8) is 0 Å². The third kappa shape index (κ3) is 18.4. The number of aryl methyl sites for hydroxylation is 6. The number of imidazole rings is 1. The van der Waals surface area contributed by atoms with Gasteiger partial charge in [0.05, 0.1) is 35.5 Å². The largest absolute Gasteiger partial charge is 0.478 e. The van der Waals surface area contributed by atoms with Crippen molar-refractivity contribution in [2.75, 3.05) is 58.7 Å². The molecule has 0 unspecified atom stereocenters. The number of pyridine rings is 1. The lowest BCUT2D eigenvalue weighted by atomic mass is 9.82. The van der Waals surface area contributed by atoms with Crippen LogP contribution in [0.2, 0.25) is 0 Å². The molecule has 1 fully saturated rings. The summed E-state index contributed by atoms with van der Waals surface area (Å²) in [5, 5.41) is 4.64. The Morgan fingerprint density at radius 1 is 0.521 bits per heavy atom. The van der Waals surface area contributed by atoms with Gasteiger partial charge in [0.2, 0.25) is 0 Å². The van der Waals surface area contributed by atoms with E-state index in [1.54, 1.807) is 16.7 Å². The van der Waals surface area contributed by atoms with E-state index in [0.29, 0.717) is 6.54 Å². The van der Waals surface area contributed by atoms with Crippen LogP contribution < -0.4 is 10.9 Å². The number of thioether (sulfide) groups is 1. The Labute approximate surface area is 567 Å². The van der Waals surface area contributed by atoms with Crippen LogP contribution in [-0.2, 0) is 43.8 Å². The van der Waals surface area contributed by atoms with Gasteiger partial charge in [-0.2, -0.15) is 0 Å². The summed E-state index contributed by atoms with van der Waals surface area (Å²) in [5.74, 6) is 5.45. The van der Waals surface area contributed by atoms with Crippen LogP contribution in [0.4, 0.5) is 0 Å². The van der Waals surface area contributed by atoms with E-state index in [1.807, 2.05) is 36.4 Å². The number of H-pyrrole nitrogens is 1. The first-order valence-corrected chi connectivity index (χ1v) is 34.6. The number of ether oxygens (including phenoxy) is 1. The molecule has 11 nitrogen and oxygen atoms in total. The van der Waals surface area contributed by atoms with E-state index in [0.717, 1.165) is 69.2 Å². The summed E-state index contributed by atoms with van der Waals surface area (Å²) in [6.07, 6.45) is 8.01. The molecule has 496 valence electrons. The van der Waals surface area contributed by atoms with E-state index in [9.17, 15) is 4.79 Å². The molecular weight excluding hydrogens is 1180 g/mol. The molecule has 2 aromatic heterocycles. The number of benzene rings is 6. The molecule has 5 aliphatic rings. The molecule has 4 aliphatic heterocycles. The predicted molar refractivity (Wildman–Crippen MR) is 400 cm³/mol. The molecule has 0 spiro atoms. The first kappa shape index (κ1) is 71.8. The topological polar surface area (TPSA) is 125 Å². The molecule has 13 rings (SSSR count). The third-order valence-electron chi connectivity index (χ3n) is 18.8. The average Bonchev–Trinajstić information content (AvgIpc) is 1.59. The van der Waals surface area contributed by atoms with Crippen LogP contribution in [0, 0.1) is 41.5 Å². The van der Waals surface area contributed by atoms with Crippen molar-refractivity contribution in [3.8, 4) is 0 Å². The molecule has 0 bridgehead atoms. The van der Waals surface area contributed by atoms with Crippen LogP contribution in [0.15, 0.2) is 207 Å². The number of amidine groups is 2. The molecule has 94 heavy (non-hydrogen) atoms. The number of aromatic nitrogens is 3. The Hall–Kier alpha value is -8.09. The van der Waals surface area contributed by atoms with Gasteiger partial charge in [-0.15, -0.1) is 11.8 Å². The molecule has 0 radical (unpaired) electrons. The van der Waals surface area contributed by atoms with Crippen molar-refractivity contribution in [1.29, 1.82) is 0 Å². The van der Waals surface area contributed by atoms with Gasteiger partial charge >= 0.3 is 0 Å². The summed E-state index contributed by atoms with van der Waals surface area (Å²) in [5.41, 5.74) is 15.9. The molecule has 6 aromatic carbocycles.